The van der Waals surface area contributed by atoms with E-state index in [2.05, 4.69) is 64.6 Å². The van der Waals surface area contributed by atoms with Crippen LogP contribution in [0.5, 0.6) is 0 Å². The van der Waals surface area contributed by atoms with Crippen LogP contribution in [0.4, 0.5) is 4.39 Å². The van der Waals surface area contributed by atoms with E-state index in [0.29, 0.717) is 24.3 Å². The van der Waals surface area contributed by atoms with Crippen molar-refractivity contribution < 1.29 is 18.7 Å². The summed E-state index contributed by atoms with van der Waals surface area (Å²) in [6.45, 7) is 14.1. The van der Waals surface area contributed by atoms with Crippen molar-refractivity contribution in [3.05, 3.63) is 105 Å². The molecule has 0 heterocycles. The molecule has 0 bridgehead atoms. The summed E-state index contributed by atoms with van der Waals surface area (Å²) in [5, 5.41) is 0. The SMILES string of the molecule is C=CC1(F)CCC(CC2=CCC(c3ccc(C(=O)OC)cc3)C(C)C3=C2C=C(/C(C(C)=O)=C(\C)CC)C=C(C)C3)CC1. The van der Waals surface area contributed by atoms with E-state index in [4.69, 9.17) is 4.74 Å². The molecule has 42 heavy (non-hydrogen) atoms. The Morgan fingerprint density at radius 2 is 1.79 bits per heavy atom. The Bertz CT molecular complexity index is 1370. The summed E-state index contributed by atoms with van der Waals surface area (Å²) in [5.41, 5.74) is 8.64. The summed E-state index contributed by atoms with van der Waals surface area (Å²) >= 11 is 0. The van der Waals surface area contributed by atoms with Gasteiger partial charge in [0.15, 0.2) is 5.78 Å². The highest BCUT2D eigenvalue weighted by molar-refractivity contribution is 5.99. The summed E-state index contributed by atoms with van der Waals surface area (Å²) in [7, 11) is 1.40. The third-order valence-corrected chi connectivity index (χ3v) is 9.80. The molecule has 224 valence electrons. The first-order chi connectivity index (χ1) is 20.0. The van der Waals surface area contributed by atoms with Crippen LogP contribution < -0.4 is 0 Å². The molecule has 0 radical (unpaired) electrons. The molecule has 1 aromatic carbocycles. The fourth-order valence-electron chi connectivity index (χ4n) is 7.08. The van der Waals surface area contributed by atoms with Gasteiger partial charge in [-0.3, -0.25) is 4.79 Å². The predicted octanol–water partition coefficient (Wildman–Crippen LogP) is 9.89. The molecule has 3 aliphatic rings. The Labute approximate surface area is 252 Å². The highest BCUT2D eigenvalue weighted by atomic mass is 19.1. The number of Topliss-reactive ketones (excluding diaryl/α,β-unsaturated/α-hetero) is 1. The van der Waals surface area contributed by atoms with Crippen molar-refractivity contribution >= 4 is 11.8 Å². The van der Waals surface area contributed by atoms with Gasteiger partial charge in [0.05, 0.1) is 12.7 Å². The van der Waals surface area contributed by atoms with E-state index >= 15 is 0 Å². The van der Waals surface area contributed by atoms with Gasteiger partial charge in [0.25, 0.3) is 0 Å². The quantitative estimate of drug-likeness (QED) is 0.177. The van der Waals surface area contributed by atoms with Crippen LogP contribution in [0, 0.1) is 11.8 Å². The molecule has 0 aromatic heterocycles. The van der Waals surface area contributed by atoms with Crippen LogP contribution in [-0.4, -0.2) is 24.5 Å². The highest BCUT2D eigenvalue weighted by Crippen LogP contribution is 2.47. The van der Waals surface area contributed by atoms with Gasteiger partial charge in [-0.05, 0) is 130 Å². The molecular weight excluding hydrogens is 523 g/mol. The lowest BCUT2D eigenvalue weighted by Gasteiger charge is -2.32. The number of benzene rings is 1. The molecule has 3 aliphatic carbocycles. The molecule has 1 fully saturated rings. The Balaban J connectivity index is 1.81. The number of carbonyl (C=O) groups excluding carboxylic acids is 2. The van der Waals surface area contributed by atoms with Gasteiger partial charge in [-0.15, -0.1) is 0 Å². The van der Waals surface area contributed by atoms with Gasteiger partial charge >= 0.3 is 5.97 Å². The second-order valence-corrected chi connectivity index (χ2v) is 12.6. The minimum Gasteiger partial charge on any atom is -0.465 e. The van der Waals surface area contributed by atoms with E-state index in [-0.39, 0.29) is 23.6 Å². The second-order valence-electron chi connectivity index (χ2n) is 12.6. The number of hydrogen-bond donors (Lipinski definition) is 0. The van der Waals surface area contributed by atoms with Crippen molar-refractivity contribution in [2.45, 2.75) is 97.6 Å². The molecule has 0 N–H and O–H groups in total. The largest absolute Gasteiger partial charge is 0.465 e. The van der Waals surface area contributed by atoms with Crippen molar-refractivity contribution in [1.29, 1.82) is 0 Å². The van der Waals surface area contributed by atoms with Gasteiger partial charge in [0, 0.05) is 5.57 Å². The van der Waals surface area contributed by atoms with Crippen LogP contribution in [0.3, 0.4) is 0 Å². The Hall–Kier alpha value is -3.27. The van der Waals surface area contributed by atoms with Gasteiger partial charge in [0.1, 0.15) is 5.67 Å². The van der Waals surface area contributed by atoms with Crippen molar-refractivity contribution in [3.63, 3.8) is 0 Å². The number of methoxy groups -OCH3 is 1. The van der Waals surface area contributed by atoms with Crippen LogP contribution in [0.15, 0.2) is 94.2 Å². The lowest BCUT2D eigenvalue weighted by atomic mass is 9.75. The summed E-state index contributed by atoms with van der Waals surface area (Å²) in [6, 6.07) is 7.84. The average molecular weight is 571 g/mol. The van der Waals surface area contributed by atoms with Gasteiger partial charge in [0.2, 0.25) is 0 Å². The molecule has 0 amide bonds. The van der Waals surface area contributed by atoms with Crippen molar-refractivity contribution in [2.24, 2.45) is 11.8 Å². The van der Waals surface area contributed by atoms with E-state index in [9.17, 15) is 14.0 Å². The Morgan fingerprint density at radius 1 is 1.12 bits per heavy atom. The van der Waals surface area contributed by atoms with E-state index in [1.807, 2.05) is 12.1 Å². The maximum atomic E-state index is 15.0. The molecule has 2 unspecified atom stereocenters. The van der Waals surface area contributed by atoms with Gasteiger partial charge < -0.3 is 4.74 Å². The zero-order chi connectivity index (χ0) is 30.6. The molecule has 0 saturated heterocycles. The van der Waals surface area contributed by atoms with Gasteiger partial charge in [-0.25, -0.2) is 9.18 Å². The molecule has 1 saturated carbocycles. The van der Waals surface area contributed by atoms with Crippen molar-refractivity contribution in [3.8, 4) is 0 Å². The number of hydrogen-bond acceptors (Lipinski definition) is 3. The molecule has 0 spiro atoms. The topological polar surface area (TPSA) is 43.4 Å². The van der Waals surface area contributed by atoms with Crippen LogP contribution in [-0.2, 0) is 9.53 Å². The molecule has 0 aliphatic heterocycles. The first-order valence-electron chi connectivity index (χ1n) is 15.5. The number of alkyl halides is 1. The standard InChI is InChI=1S/C38H47FO3/c1-8-25(4)36(27(6)40)32-20-24(3)21-34-26(5)33(29-10-12-30(13-11-29)37(41)42-7)15-14-31(35(34)23-32)22-28-16-18-38(39,9-2)19-17-28/h9-14,20,23,26,28,33H,2,8,15-19,21-22H2,1,3-7H3/b36-25+. The lowest BCUT2D eigenvalue weighted by Crippen LogP contribution is -2.27. The van der Waals surface area contributed by atoms with Crippen LogP contribution in [0.1, 0.15) is 108 Å². The zero-order valence-corrected chi connectivity index (χ0v) is 26.3. The van der Waals surface area contributed by atoms with Crippen molar-refractivity contribution in [2.75, 3.05) is 7.11 Å². The first-order valence-corrected chi connectivity index (χ1v) is 15.5. The molecular formula is C38H47FO3. The van der Waals surface area contributed by atoms with E-state index in [1.54, 1.807) is 6.92 Å². The Kier molecular flexibility index (Phi) is 10.1. The molecule has 3 nitrogen and oxygen atoms in total. The van der Waals surface area contributed by atoms with Crippen molar-refractivity contribution in [1.82, 2.24) is 0 Å². The zero-order valence-electron chi connectivity index (χ0n) is 26.3. The second kappa shape index (κ2) is 13.4. The minimum absolute atomic E-state index is 0.0977. The van der Waals surface area contributed by atoms with Crippen LogP contribution >= 0.6 is 0 Å². The van der Waals surface area contributed by atoms with E-state index in [0.717, 1.165) is 55.2 Å². The highest BCUT2D eigenvalue weighted by Gasteiger charge is 2.35. The smallest absolute Gasteiger partial charge is 0.337 e. The fourth-order valence-corrected chi connectivity index (χ4v) is 7.08. The maximum absolute atomic E-state index is 15.0. The number of allylic oxidation sites excluding steroid dienone is 11. The lowest BCUT2D eigenvalue weighted by molar-refractivity contribution is -0.113. The maximum Gasteiger partial charge on any atom is 0.337 e. The van der Waals surface area contributed by atoms with Gasteiger partial charge in [-0.2, -0.15) is 0 Å². The summed E-state index contributed by atoms with van der Waals surface area (Å²) < 4.78 is 19.9. The van der Waals surface area contributed by atoms with E-state index in [1.165, 1.54) is 41.0 Å². The number of esters is 1. The van der Waals surface area contributed by atoms with Crippen LogP contribution in [0.2, 0.25) is 0 Å². The first kappa shape index (κ1) is 31.7. The molecule has 2 atom stereocenters. The third-order valence-electron chi connectivity index (χ3n) is 9.80. The predicted molar refractivity (Wildman–Crippen MR) is 170 cm³/mol. The molecule has 1 aromatic rings. The number of rotatable bonds is 8. The number of ether oxygens (including phenoxy) is 1. The van der Waals surface area contributed by atoms with Crippen LogP contribution in [0.25, 0.3) is 0 Å². The number of carbonyl (C=O) groups is 2. The Morgan fingerprint density at radius 3 is 2.36 bits per heavy atom. The minimum atomic E-state index is -1.25. The molecule has 4 heteroatoms. The van der Waals surface area contributed by atoms with Gasteiger partial charge in [-0.1, -0.05) is 67.5 Å². The number of halogens is 1. The average Bonchev–Trinajstić information content (AvgIpc) is 3.22. The third kappa shape index (κ3) is 6.85. The monoisotopic (exact) mass is 570 g/mol. The number of ketones is 1. The van der Waals surface area contributed by atoms with E-state index < -0.39 is 5.67 Å². The normalized spacial score (nSPS) is 26.9. The molecule has 4 rings (SSSR count). The summed E-state index contributed by atoms with van der Waals surface area (Å²) in [6.07, 6.45) is 14.6. The summed E-state index contributed by atoms with van der Waals surface area (Å²) in [4.78, 5) is 25.0. The fraction of sp³-hybridized carbons (Fsp3) is 0.474. The summed E-state index contributed by atoms with van der Waals surface area (Å²) in [5.74, 6) is 0.671.